The van der Waals surface area contributed by atoms with Crippen molar-refractivity contribution in [3.63, 3.8) is 0 Å². The molecule has 7 nitrogen and oxygen atoms in total. The van der Waals surface area contributed by atoms with Crippen LogP contribution in [0.4, 0.5) is 23.7 Å². The van der Waals surface area contributed by atoms with E-state index in [4.69, 9.17) is 4.74 Å². The minimum absolute atomic E-state index is 0.0280. The van der Waals surface area contributed by atoms with Crippen molar-refractivity contribution in [1.82, 2.24) is 4.57 Å². The molecule has 1 aliphatic carbocycles. The summed E-state index contributed by atoms with van der Waals surface area (Å²) in [5, 5.41) is 1.27. The average molecular weight is 398 g/mol. The second-order valence-electron chi connectivity index (χ2n) is 6.12. The van der Waals surface area contributed by atoms with Gasteiger partial charge in [0, 0.05) is 12.2 Å². The molecule has 1 heterocycles. The number of pyridine rings is 1. The third-order valence-corrected chi connectivity index (χ3v) is 4.24. The number of ether oxygens (including phenoxy) is 2. The molecule has 1 fully saturated rings. The molecule has 0 atom stereocenters. The van der Waals surface area contributed by atoms with Crippen molar-refractivity contribution in [3.05, 3.63) is 39.4 Å². The number of nitrogens with one attached hydrogen (secondary N) is 1. The maximum absolute atomic E-state index is 14.6. The molecule has 0 radical (unpaired) electrons. The normalized spacial score (nSPS) is 13.5. The smallest absolute Gasteiger partial charge is 0.411 e. The predicted octanol–water partition coefficient (Wildman–Crippen LogP) is 3.50. The molecule has 28 heavy (non-hydrogen) atoms. The fraction of sp³-hybridized carbons (Fsp3) is 0.389. The Bertz CT molecular complexity index is 1030. The van der Waals surface area contributed by atoms with Gasteiger partial charge < -0.3 is 14.0 Å². The van der Waals surface area contributed by atoms with Gasteiger partial charge in [-0.2, -0.15) is 0 Å². The van der Waals surface area contributed by atoms with Crippen LogP contribution in [-0.2, 0) is 9.47 Å². The van der Waals surface area contributed by atoms with Gasteiger partial charge in [-0.15, -0.1) is 0 Å². The molecule has 1 N–H and O–H groups in total. The Morgan fingerprint density at radius 1 is 1.11 bits per heavy atom. The first-order chi connectivity index (χ1) is 13.3. The highest BCUT2D eigenvalue weighted by Gasteiger charge is 2.33. The lowest BCUT2D eigenvalue weighted by Crippen LogP contribution is -2.24. The molecule has 0 spiro atoms. The van der Waals surface area contributed by atoms with Gasteiger partial charge in [-0.25, -0.2) is 22.8 Å². The van der Waals surface area contributed by atoms with E-state index in [0.717, 1.165) is 6.20 Å². The summed E-state index contributed by atoms with van der Waals surface area (Å²) in [7, 11) is 0. The number of hydrogen-bond donors (Lipinski definition) is 1. The number of aromatic nitrogens is 1. The monoisotopic (exact) mass is 398 g/mol. The molecule has 1 amide bonds. The topological polar surface area (TPSA) is 86.6 Å². The van der Waals surface area contributed by atoms with Crippen LogP contribution in [0.5, 0.6) is 0 Å². The van der Waals surface area contributed by atoms with Crippen molar-refractivity contribution >= 4 is 28.7 Å². The first-order valence-electron chi connectivity index (χ1n) is 8.67. The number of esters is 1. The van der Waals surface area contributed by atoms with E-state index in [1.165, 1.54) is 18.4 Å². The van der Waals surface area contributed by atoms with Crippen LogP contribution < -0.4 is 10.7 Å². The molecule has 0 unspecified atom stereocenters. The second kappa shape index (κ2) is 7.53. The molecular formula is C18H17F3N2O5. The fourth-order valence-electron chi connectivity index (χ4n) is 2.89. The zero-order chi connectivity index (χ0) is 20.6. The summed E-state index contributed by atoms with van der Waals surface area (Å²) in [6.07, 6.45) is 1.11. The summed E-state index contributed by atoms with van der Waals surface area (Å²) in [5.74, 6) is -6.19. The van der Waals surface area contributed by atoms with E-state index >= 15 is 0 Å². The number of amides is 1. The van der Waals surface area contributed by atoms with Crippen LogP contribution in [0, 0.1) is 17.5 Å². The molecule has 1 aromatic carbocycles. The summed E-state index contributed by atoms with van der Waals surface area (Å²) < 4.78 is 53.9. The van der Waals surface area contributed by atoms with Gasteiger partial charge in [0.15, 0.2) is 17.5 Å². The highest BCUT2D eigenvalue weighted by atomic mass is 19.2. The van der Waals surface area contributed by atoms with Crippen LogP contribution in [-0.4, -0.2) is 29.8 Å². The van der Waals surface area contributed by atoms with Gasteiger partial charge in [-0.05, 0) is 26.7 Å². The standard InChI is InChI=1S/C18H17F3N2O5/c1-3-27-17(25)9-7-23(8-5-6-8)15-10(16(9)24)14(22-18(26)28-4-2)12(20)11(19)13(15)21/h7-8H,3-6H2,1-2H3,(H,22,26). The van der Waals surface area contributed by atoms with Crippen molar-refractivity contribution in [2.75, 3.05) is 18.5 Å². The quantitative estimate of drug-likeness (QED) is 0.615. The van der Waals surface area contributed by atoms with E-state index < -0.39 is 57.1 Å². The van der Waals surface area contributed by atoms with Crippen molar-refractivity contribution in [2.24, 2.45) is 0 Å². The number of halogens is 3. The van der Waals surface area contributed by atoms with Crippen LogP contribution in [0.2, 0.25) is 0 Å². The molecule has 2 aromatic rings. The minimum Gasteiger partial charge on any atom is -0.462 e. The number of hydrogen-bond acceptors (Lipinski definition) is 5. The third kappa shape index (κ3) is 3.30. The fourth-order valence-corrected chi connectivity index (χ4v) is 2.89. The van der Waals surface area contributed by atoms with Crippen molar-refractivity contribution in [1.29, 1.82) is 0 Å². The molecule has 10 heteroatoms. The minimum atomic E-state index is -1.85. The molecule has 3 rings (SSSR count). The maximum atomic E-state index is 14.6. The Morgan fingerprint density at radius 3 is 2.32 bits per heavy atom. The Labute approximate surface area is 157 Å². The lowest BCUT2D eigenvalue weighted by molar-refractivity contribution is 0.0524. The van der Waals surface area contributed by atoms with Crippen LogP contribution in [0.1, 0.15) is 43.1 Å². The van der Waals surface area contributed by atoms with Gasteiger partial charge >= 0.3 is 12.1 Å². The molecule has 0 saturated heterocycles. The Kier molecular flexibility index (Phi) is 5.30. The van der Waals surface area contributed by atoms with Crippen LogP contribution in [0.15, 0.2) is 11.0 Å². The van der Waals surface area contributed by atoms with Gasteiger partial charge in [-0.1, -0.05) is 0 Å². The molecule has 0 aliphatic heterocycles. The Hall–Kier alpha value is -3.04. The first kappa shape index (κ1) is 19.7. The number of carbonyl (C=O) groups excluding carboxylic acids is 2. The Balaban J connectivity index is 2.39. The van der Waals surface area contributed by atoms with E-state index in [-0.39, 0.29) is 19.3 Å². The highest BCUT2D eigenvalue weighted by Crippen LogP contribution is 2.40. The third-order valence-electron chi connectivity index (χ3n) is 4.24. The van der Waals surface area contributed by atoms with Gasteiger partial charge in [0.25, 0.3) is 0 Å². The number of nitrogens with zero attached hydrogens (tertiary/aromatic N) is 1. The lowest BCUT2D eigenvalue weighted by Gasteiger charge is -2.17. The van der Waals surface area contributed by atoms with Crippen LogP contribution in [0.3, 0.4) is 0 Å². The zero-order valence-corrected chi connectivity index (χ0v) is 15.1. The largest absolute Gasteiger partial charge is 0.462 e. The summed E-state index contributed by atoms with van der Waals surface area (Å²) in [5.41, 5.74) is -2.99. The second-order valence-corrected chi connectivity index (χ2v) is 6.12. The number of fused-ring (bicyclic) bond motifs is 1. The van der Waals surface area contributed by atoms with Crippen LogP contribution in [0.25, 0.3) is 10.9 Å². The summed E-state index contributed by atoms with van der Waals surface area (Å²) in [6.45, 7) is 2.91. The summed E-state index contributed by atoms with van der Waals surface area (Å²) in [6, 6.07) is -0.300. The van der Waals surface area contributed by atoms with E-state index in [2.05, 4.69) is 4.74 Å². The van der Waals surface area contributed by atoms with Crippen molar-refractivity contribution in [3.8, 4) is 0 Å². The molecule has 1 aliphatic rings. The molecular weight excluding hydrogens is 381 g/mol. The lowest BCUT2D eigenvalue weighted by atomic mass is 10.1. The average Bonchev–Trinajstić information content (AvgIpc) is 3.48. The van der Waals surface area contributed by atoms with Gasteiger partial charge in [0.05, 0.1) is 29.8 Å². The molecule has 0 bridgehead atoms. The predicted molar refractivity (Wildman–Crippen MR) is 93.0 cm³/mol. The van der Waals surface area contributed by atoms with E-state index in [1.807, 2.05) is 5.32 Å². The zero-order valence-electron chi connectivity index (χ0n) is 15.1. The van der Waals surface area contributed by atoms with E-state index in [9.17, 15) is 27.6 Å². The Morgan fingerprint density at radius 2 is 1.75 bits per heavy atom. The van der Waals surface area contributed by atoms with E-state index in [0.29, 0.717) is 12.8 Å². The van der Waals surface area contributed by atoms with Gasteiger partial charge in [0.2, 0.25) is 5.43 Å². The highest BCUT2D eigenvalue weighted by molar-refractivity contribution is 6.02. The van der Waals surface area contributed by atoms with Gasteiger partial charge in [-0.3, -0.25) is 10.1 Å². The summed E-state index contributed by atoms with van der Waals surface area (Å²) in [4.78, 5) is 36.8. The maximum Gasteiger partial charge on any atom is 0.411 e. The van der Waals surface area contributed by atoms with Crippen LogP contribution >= 0.6 is 0 Å². The SMILES string of the molecule is CCOC(=O)Nc1c(F)c(F)c(F)c2c1c(=O)c(C(=O)OCC)cn2C1CC1. The number of carbonyl (C=O) groups is 2. The number of benzene rings is 1. The first-order valence-corrected chi connectivity index (χ1v) is 8.67. The molecule has 1 saturated carbocycles. The van der Waals surface area contributed by atoms with Crippen molar-refractivity contribution < 1.29 is 32.2 Å². The number of rotatable bonds is 5. The van der Waals surface area contributed by atoms with Crippen molar-refractivity contribution in [2.45, 2.75) is 32.7 Å². The summed E-state index contributed by atoms with van der Waals surface area (Å²) >= 11 is 0. The van der Waals surface area contributed by atoms with Gasteiger partial charge in [0.1, 0.15) is 5.56 Å². The van der Waals surface area contributed by atoms with E-state index in [1.54, 1.807) is 0 Å². The number of anilines is 1. The molecule has 1 aromatic heterocycles. The molecule has 150 valence electrons.